The van der Waals surface area contributed by atoms with Gasteiger partial charge >= 0.3 is 0 Å². The van der Waals surface area contributed by atoms with Gasteiger partial charge in [-0.05, 0) is 24.3 Å². The van der Waals surface area contributed by atoms with Crippen LogP contribution in [0.2, 0.25) is 10.0 Å². The first-order valence-corrected chi connectivity index (χ1v) is 8.21. The number of halogens is 2. The summed E-state index contributed by atoms with van der Waals surface area (Å²) in [5.74, 6) is -0.112. The third kappa shape index (κ3) is 3.99. The van der Waals surface area contributed by atoms with Crippen LogP contribution in [0, 0.1) is 11.3 Å². The van der Waals surface area contributed by atoms with Crippen molar-refractivity contribution in [3.05, 3.63) is 45.9 Å². The average molecular weight is 391 g/mol. The Labute approximate surface area is 158 Å². The number of amides is 2. The smallest absolute Gasteiger partial charge is 0.262 e. The molecule has 1 aliphatic rings. The summed E-state index contributed by atoms with van der Waals surface area (Å²) in [6, 6.07) is 9.72. The molecule has 9 heteroatoms. The molecule has 0 atom stereocenters. The van der Waals surface area contributed by atoms with Crippen molar-refractivity contribution in [3.8, 4) is 11.8 Å². The number of fused-ring (bicyclic) bond motifs is 1. The molecule has 0 radical (unpaired) electrons. The van der Waals surface area contributed by atoms with Crippen LogP contribution in [0.3, 0.4) is 0 Å². The van der Waals surface area contributed by atoms with E-state index in [1.807, 2.05) is 6.07 Å². The molecule has 2 aromatic carbocycles. The summed E-state index contributed by atoms with van der Waals surface area (Å²) in [5, 5.41) is 17.7. The summed E-state index contributed by atoms with van der Waals surface area (Å²) < 4.78 is 5.32. The summed E-state index contributed by atoms with van der Waals surface area (Å²) in [7, 11) is 0. The molecule has 2 aromatic rings. The van der Waals surface area contributed by atoms with Crippen LogP contribution in [0.15, 0.2) is 30.3 Å². The predicted octanol–water partition coefficient (Wildman–Crippen LogP) is 3.25. The van der Waals surface area contributed by atoms with E-state index in [0.717, 1.165) is 0 Å². The Morgan fingerprint density at radius 3 is 2.81 bits per heavy atom. The molecule has 26 heavy (non-hydrogen) atoms. The van der Waals surface area contributed by atoms with Gasteiger partial charge in [-0.3, -0.25) is 9.59 Å². The van der Waals surface area contributed by atoms with E-state index in [4.69, 9.17) is 33.2 Å². The third-order valence-electron chi connectivity index (χ3n) is 3.51. The molecule has 3 N–H and O–H groups in total. The molecule has 0 bridgehead atoms. The lowest BCUT2D eigenvalue weighted by Gasteiger charge is -2.20. The maximum Gasteiger partial charge on any atom is 0.262 e. The van der Waals surface area contributed by atoms with Crippen molar-refractivity contribution in [3.63, 3.8) is 0 Å². The highest BCUT2D eigenvalue weighted by Gasteiger charge is 2.18. The fourth-order valence-electron chi connectivity index (χ4n) is 2.30. The molecule has 0 unspecified atom stereocenters. The van der Waals surface area contributed by atoms with Crippen molar-refractivity contribution in [2.45, 2.75) is 0 Å². The monoisotopic (exact) mass is 390 g/mol. The van der Waals surface area contributed by atoms with Crippen LogP contribution in [-0.2, 0) is 9.59 Å². The van der Waals surface area contributed by atoms with Gasteiger partial charge in [0.2, 0.25) is 5.91 Å². The number of carbonyl (C=O) groups is 2. The second-order valence-corrected chi connectivity index (χ2v) is 6.19. The fraction of sp³-hybridized carbons (Fsp3) is 0.118. The van der Waals surface area contributed by atoms with Crippen molar-refractivity contribution in [1.29, 1.82) is 5.26 Å². The van der Waals surface area contributed by atoms with E-state index in [9.17, 15) is 9.59 Å². The van der Waals surface area contributed by atoms with E-state index >= 15 is 0 Å². The van der Waals surface area contributed by atoms with Gasteiger partial charge in [-0.2, -0.15) is 5.26 Å². The maximum absolute atomic E-state index is 12.1. The molecular weight excluding hydrogens is 379 g/mol. The topological polar surface area (TPSA) is 103 Å². The lowest BCUT2D eigenvalue weighted by Crippen LogP contribution is -2.26. The Balaban J connectivity index is 1.64. The molecule has 1 heterocycles. The number of hydrogen-bond donors (Lipinski definition) is 3. The van der Waals surface area contributed by atoms with Crippen LogP contribution in [0.4, 0.5) is 17.1 Å². The lowest BCUT2D eigenvalue weighted by molar-refractivity contribution is -0.118. The SMILES string of the molecule is N#Cc1ccc(NC(=O)CNc2cc3c(cc2Cl)NC(=O)CO3)cc1Cl. The van der Waals surface area contributed by atoms with E-state index in [-0.39, 0.29) is 30.0 Å². The number of anilines is 3. The minimum Gasteiger partial charge on any atom is -0.482 e. The summed E-state index contributed by atoms with van der Waals surface area (Å²) in [4.78, 5) is 23.4. The van der Waals surface area contributed by atoms with E-state index in [1.165, 1.54) is 12.1 Å². The molecule has 0 aromatic heterocycles. The third-order valence-corrected chi connectivity index (χ3v) is 4.14. The summed E-state index contributed by atoms with van der Waals surface area (Å²) >= 11 is 12.1. The van der Waals surface area contributed by atoms with Crippen LogP contribution >= 0.6 is 23.2 Å². The fourth-order valence-corrected chi connectivity index (χ4v) is 2.75. The largest absolute Gasteiger partial charge is 0.482 e. The highest BCUT2D eigenvalue weighted by atomic mass is 35.5. The Bertz CT molecular complexity index is 940. The number of rotatable bonds is 4. The Morgan fingerprint density at radius 1 is 1.27 bits per heavy atom. The van der Waals surface area contributed by atoms with Gasteiger partial charge in [0, 0.05) is 11.8 Å². The minimum absolute atomic E-state index is 0.0531. The second kappa shape index (κ2) is 7.52. The van der Waals surface area contributed by atoms with Gasteiger partial charge < -0.3 is 20.7 Å². The first-order valence-electron chi connectivity index (χ1n) is 7.46. The van der Waals surface area contributed by atoms with Crippen LogP contribution in [0.5, 0.6) is 5.75 Å². The van der Waals surface area contributed by atoms with Gasteiger partial charge in [-0.1, -0.05) is 23.2 Å². The highest BCUT2D eigenvalue weighted by Crippen LogP contribution is 2.36. The minimum atomic E-state index is -0.325. The molecular formula is C17H12Cl2N4O3. The molecule has 2 amide bonds. The number of ether oxygens (including phenoxy) is 1. The van der Waals surface area contributed by atoms with Crippen molar-refractivity contribution in [2.75, 3.05) is 29.1 Å². The summed E-state index contributed by atoms with van der Waals surface area (Å²) in [5.41, 5.74) is 1.78. The summed E-state index contributed by atoms with van der Waals surface area (Å²) in [6.45, 7) is -0.128. The number of nitriles is 1. The second-order valence-electron chi connectivity index (χ2n) is 5.37. The molecule has 132 valence electrons. The van der Waals surface area contributed by atoms with Gasteiger partial charge in [0.15, 0.2) is 6.61 Å². The van der Waals surface area contributed by atoms with Gasteiger partial charge in [0.1, 0.15) is 11.8 Å². The summed E-state index contributed by atoms with van der Waals surface area (Å²) in [6.07, 6.45) is 0. The van der Waals surface area contributed by atoms with Gasteiger partial charge in [-0.15, -0.1) is 0 Å². The van der Waals surface area contributed by atoms with Crippen molar-refractivity contribution in [1.82, 2.24) is 0 Å². The van der Waals surface area contributed by atoms with Crippen LogP contribution in [0.25, 0.3) is 0 Å². The van der Waals surface area contributed by atoms with Crippen molar-refractivity contribution >= 4 is 52.1 Å². The normalized spacial score (nSPS) is 12.3. The highest BCUT2D eigenvalue weighted by molar-refractivity contribution is 6.34. The molecule has 0 fully saturated rings. The van der Waals surface area contributed by atoms with Crippen molar-refractivity contribution in [2.24, 2.45) is 0 Å². The Hall–Kier alpha value is -2.95. The quantitative estimate of drug-likeness (QED) is 0.743. The first kappa shape index (κ1) is 17.9. The lowest BCUT2D eigenvalue weighted by atomic mass is 10.2. The average Bonchev–Trinajstić information content (AvgIpc) is 2.60. The predicted molar refractivity (Wildman–Crippen MR) is 98.9 cm³/mol. The standard InChI is InChI=1S/C17H12Cl2N4O3/c18-11-3-10(2-1-9(11)6-20)22-16(24)7-21-13-5-15-14(4-12(13)19)23-17(25)8-26-15/h1-5,21H,7-8H2,(H,22,24)(H,23,25). The van der Waals surface area contributed by atoms with E-state index in [1.54, 1.807) is 18.2 Å². The molecule has 1 aliphatic heterocycles. The number of nitrogens with one attached hydrogen (secondary N) is 3. The van der Waals surface area contributed by atoms with Crippen LogP contribution < -0.4 is 20.7 Å². The molecule has 7 nitrogen and oxygen atoms in total. The molecule has 0 spiro atoms. The Morgan fingerprint density at radius 2 is 2.08 bits per heavy atom. The number of carbonyl (C=O) groups excluding carboxylic acids is 2. The molecule has 0 saturated carbocycles. The van der Waals surface area contributed by atoms with Gasteiger partial charge in [-0.25, -0.2) is 0 Å². The van der Waals surface area contributed by atoms with Crippen molar-refractivity contribution < 1.29 is 14.3 Å². The molecule has 0 saturated heterocycles. The zero-order valence-corrected chi connectivity index (χ0v) is 14.7. The zero-order chi connectivity index (χ0) is 18.7. The van der Waals surface area contributed by atoms with Gasteiger partial charge in [0.05, 0.1) is 33.5 Å². The van der Waals surface area contributed by atoms with Crippen LogP contribution in [0.1, 0.15) is 5.56 Å². The zero-order valence-electron chi connectivity index (χ0n) is 13.2. The van der Waals surface area contributed by atoms with Gasteiger partial charge in [0.25, 0.3) is 5.91 Å². The number of benzene rings is 2. The van der Waals surface area contributed by atoms with E-state index in [0.29, 0.717) is 33.4 Å². The number of nitrogens with zero attached hydrogens (tertiary/aromatic N) is 1. The first-order chi connectivity index (χ1) is 12.5. The molecule has 0 aliphatic carbocycles. The van der Waals surface area contributed by atoms with E-state index in [2.05, 4.69) is 16.0 Å². The van der Waals surface area contributed by atoms with E-state index < -0.39 is 0 Å². The number of hydrogen-bond acceptors (Lipinski definition) is 5. The Kier molecular flexibility index (Phi) is 5.16. The van der Waals surface area contributed by atoms with Crippen LogP contribution in [-0.4, -0.2) is 25.0 Å². The molecule has 3 rings (SSSR count). The maximum atomic E-state index is 12.1.